The second-order valence-corrected chi connectivity index (χ2v) is 12.9. The fraction of sp³-hybridized carbons (Fsp3) is 0.414. The van der Waals surface area contributed by atoms with Gasteiger partial charge in [-0.05, 0) is 37.1 Å². The first-order valence-corrected chi connectivity index (χ1v) is 16.4. The van der Waals surface area contributed by atoms with Gasteiger partial charge in [-0.15, -0.1) is 0 Å². The summed E-state index contributed by atoms with van der Waals surface area (Å²) in [7, 11) is -1.86. The van der Waals surface area contributed by atoms with Gasteiger partial charge in [-0.2, -0.15) is 4.98 Å². The molecule has 0 unspecified atom stereocenters. The fourth-order valence-corrected chi connectivity index (χ4v) is 6.23. The number of nitrogens with one attached hydrogen (secondary N) is 3. The molecule has 1 amide bonds. The molecule has 3 aromatic rings. The minimum atomic E-state index is -3.48. The van der Waals surface area contributed by atoms with Crippen molar-refractivity contribution in [2.45, 2.75) is 25.8 Å². The maximum atomic E-state index is 11.8. The molecule has 2 aliphatic heterocycles. The third kappa shape index (κ3) is 7.78. The van der Waals surface area contributed by atoms with Gasteiger partial charge in [0.2, 0.25) is 21.9 Å². The van der Waals surface area contributed by atoms with E-state index < -0.39 is 10.0 Å². The summed E-state index contributed by atoms with van der Waals surface area (Å²) in [5, 5.41) is 6.57. The van der Waals surface area contributed by atoms with E-state index in [9.17, 15) is 13.2 Å². The number of methoxy groups -OCH3 is 1. The van der Waals surface area contributed by atoms with Crippen LogP contribution in [0.15, 0.2) is 48.7 Å². The number of aromatic nitrogens is 2. The Labute approximate surface area is 257 Å². The fourth-order valence-electron chi connectivity index (χ4n) is 5.51. The molecule has 0 bridgehead atoms. The summed E-state index contributed by atoms with van der Waals surface area (Å²) in [5.41, 5.74) is 2.62. The number of ether oxygens (including phenoxy) is 1. The number of carbonyl (C=O) groups is 1. The SMILES string of the molecule is COc1cc(N2CCN(C3CCN(C(C)=O)CC3)CC2)ccc1Nc1ncc(Cl)c(Nc2ccccc2NS(C)(=O)=O)n1. The topological polar surface area (TPSA) is 132 Å². The lowest BCUT2D eigenvalue weighted by molar-refractivity contribution is -0.130. The molecular formula is C29H37ClN8O4S. The lowest BCUT2D eigenvalue weighted by Gasteiger charge is -2.43. The molecule has 12 nitrogen and oxygen atoms in total. The number of benzene rings is 2. The maximum absolute atomic E-state index is 11.8. The van der Waals surface area contributed by atoms with E-state index in [1.54, 1.807) is 38.3 Å². The Bertz CT molecular complexity index is 1560. The Morgan fingerprint density at radius 3 is 2.33 bits per heavy atom. The number of rotatable bonds is 9. The minimum Gasteiger partial charge on any atom is -0.494 e. The Hall–Kier alpha value is -3.81. The first-order chi connectivity index (χ1) is 20.6. The van der Waals surface area contributed by atoms with Gasteiger partial charge in [0, 0.05) is 64.0 Å². The van der Waals surface area contributed by atoms with Crippen molar-refractivity contribution >= 4 is 62.0 Å². The van der Waals surface area contributed by atoms with E-state index in [2.05, 4.69) is 35.1 Å². The van der Waals surface area contributed by atoms with Gasteiger partial charge in [-0.3, -0.25) is 14.4 Å². The monoisotopic (exact) mass is 628 g/mol. The number of sulfonamides is 1. The second-order valence-electron chi connectivity index (χ2n) is 10.7. The van der Waals surface area contributed by atoms with Crippen molar-refractivity contribution in [3.63, 3.8) is 0 Å². The number of piperidine rings is 1. The van der Waals surface area contributed by atoms with Crippen LogP contribution in [0, 0.1) is 0 Å². The van der Waals surface area contributed by atoms with E-state index in [0.717, 1.165) is 64.1 Å². The summed E-state index contributed by atoms with van der Waals surface area (Å²) in [6.45, 7) is 7.11. The van der Waals surface area contributed by atoms with Gasteiger partial charge >= 0.3 is 0 Å². The zero-order valence-electron chi connectivity index (χ0n) is 24.5. The first-order valence-electron chi connectivity index (χ1n) is 14.2. The summed E-state index contributed by atoms with van der Waals surface area (Å²) < 4.78 is 31.8. The molecule has 0 aliphatic carbocycles. The van der Waals surface area contributed by atoms with Gasteiger partial charge in [0.1, 0.15) is 10.8 Å². The number of likely N-dealkylation sites (tertiary alicyclic amines) is 1. The predicted molar refractivity (Wildman–Crippen MR) is 171 cm³/mol. The molecule has 14 heteroatoms. The number of halogens is 1. The van der Waals surface area contributed by atoms with Gasteiger partial charge < -0.3 is 25.2 Å². The van der Waals surface area contributed by atoms with E-state index in [-0.39, 0.29) is 16.9 Å². The average molecular weight is 629 g/mol. The van der Waals surface area contributed by atoms with Gasteiger partial charge in [0.15, 0.2) is 5.82 Å². The van der Waals surface area contributed by atoms with E-state index >= 15 is 0 Å². The van der Waals surface area contributed by atoms with Gasteiger partial charge in [-0.1, -0.05) is 23.7 Å². The number of hydrogen-bond donors (Lipinski definition) is 3. The van der Waals surface area contributed by atoms with Crippen LogP contribution < -0.4 is 25.0 Å². The molecule has 2 aromatic carbocycles. The van der Waals surface area contributed by atoms with Crippen LogP contribution in [-0.2, 0) is 14.8 Å². The van der Waals surface area contributed by atoms with Crippen molar-refractivity contribution in [1.29, 1.82) is 0 Å². The van der Waals surface area contributed by atoms with Crippen LogP contribution >= 0.6 is 11.6 Å². The van der Waals surface area contributed by atoms with Crippen LogP contribution in [0.5, 0.6) is 5.75 Å². The maximum Gasteiger partial charge on any atom is 0.229 e. The zero-order valence-corrected chi connectivity index (χ0v) is 26.1. The summed E-state index contributed by atoms with van der Waals surface area (Å²) in [4.78, 5) is 27.4. The van der Waals surface area contributed by atoms with Crippen LogP contribution in [0.2, 0.25) is 5.02 Å². The van der Waals surface area contributed by atoms with Crippen molar-refractivity contribution in [3.8, 4) is 5.75 Å². The van der Waals surface area contributed by atoms with Crippen molar-refractivity contribution in [3.05, 3.63) is 53.7 Å². The first kappa shape index (κ1) is 30.6. The van der Waals surface area contributed by atoms with Crippen molar-refractivity contribution in [1.82, 2.24) is 19.8 Å². The average Bonchev–Trinajstić information content (AvgIpc) is 2.99. The molecule has 0 radical (unpaired) electrons. The van der Waals surface area contributed by atoms with Crippen molar-refractivity contribution in [2.24, 2.45) is 0 Å². The standard InChI is InChI=1S/C29H37ClN8O4S/c1-20(39)36-12-10-21(11-13-36)37-14-16-38(17-15-37)22-8-9-26(27(18-22)42-2)33-29-31-19-23(30)28(34-29)32-24-6-4-5-7-25(24)35-43(3,40)41/h4-9,18-19,21,35H,10-17H2,1-3H3,(H2,31,32,33,34). The Morgan fingerprint density at radius 2 is 1.67 bits per heavy atom. The molecule has 0 atom stereocenters. The highest BCUT2D eigenvalue weighted by Crippen LogP contribution is 2.34. The normalized spacial score (nSPS) is 16.6. The van der Waals surface area contributed by atoms with E-state index in [1.165, 1.54) is 6.20 Å². The molecule has 230 valence electrons. The molecule has 0 spiro atoms. The largest absolute Gasteiger partial charge is 0.494 e. The molecule has 1 aromatic heterocycles. The Morgan fingerprint density at radius 1 is 0.977 bits per heavy atom. The van der Waals surface area contributed by atoms with Gasteiger partial charge in [-0.25, -0.2) is 13.4 Å². The van der Waals surface area contributed by atoms with Crippen LogP contribution in [0.3, 0.4) is 0 Å². The predicted octanol–water partition coefficient (Wildman–Crippen LogP) is 4.13. The van der Waals surface area contributed by atoms with Crippen molar-refractivity contribution in [2.75, 3.05) is 72.9 Å². The molecule has 3 N–H and O–H groups in total. The summed E-state index contributed by atoms with van der Waals surface area (Å²) in [6.07, 6.45) is 4.62. The Kier molecular flexibility index (Phi) is 9.43. The molecule has 0 saturated carbocycles. The van der Waals surface area contributed by atoms with E-state index in [4.69, 9.17) is 16.3 Å². The highest BCUT2D eigenvalue weighted by molar-refractivity contribution is 7.92. The quantitative estimate of drug-likeness (QED) is 0.318. The molecule has 3 heterocycles. The van der Waals surface area contributed by atoms with Crippen LogP contribution in [0.4, 0.5) is 34.5 Å². The number of nitrogens with zero attached hydrogens (tertiary/aromatic N) is 5. The number of para-hydroxylation sites is 2. The van der Waals surface area contributed by atoms with E-state index in [0.29, 0.717) is 34.7 Å². The number of carbonyl (C=O) groups excluding carboxylic acids is 1. The van der Waals surface area contributed by atoms with Crippen molar-refractivity contribution < 1.29 is 17.9 Å². The lowest BCUT2D eigenvalue weighted by Crippen LogP contribution is -2.53. The molecule has 2 fully saturated rings. The molecule has 43 heavy (non-hydrogen) atoms. The minimum absolute atomic E-state index is 0.167. The smallest absolute Gasteiger partial charge is 0.229 e. The molecule has 5 rings (SSSR count). The molecular weight excluding hydrogens is 592 g/mol. The van der Waals surface area contributed by atoms with Crippen LogP contribution in [-0.4, -0.2) is 92.8 Å². The van der Waals surface area contributed by atoms with Gasteiger partial charge in [0.05, 0.1) is 36.6 Å². The van der Waals surface area contributed by atoms with E-state index in [1.807, 2.05) is 23.1 Å². The number of amides is 1. The number of hydrogen-bond acceptors (Lipinski definition) is 10. The summed E-state index contributed by atoms with van der Waals surface area (Å²) in [5.74, 6) is 1.41. The van der Waals surface area contributed by atoms with Crippen LogP contribution in [0.1, 0.15) is 19.8 Å². The molecule has 2 saturated heterocycles. The lowest BCUT2D eigenvalue weighted by atomic mass is 10.0. The highest BCUT2D eigenvalue weighted by atomic mass is 35.5. The number of anilines is 6. The zero-order chi connectivity index (χ0) is 30.6. The summed E-state index contributed by atoms with van der Waals surface area (Å²) in [6, 6.07) is 13.4. The third-order valence-corrected chi connectivity index (χ3v) is 8.62. The van der Waals surface area contributed by atoms with Gasteiger partial charge in [0.25, 0.3) is 0 Å². The van der Waals surface area contributed by atoms with Crippen LogP contribution in [0.25, 0.3) is 0 Å². The number of piperazine rings is 1. The second kappa shape index (κ2) is 13.2. The molecule has 2 aliphatic rings. The highest BCUT2D eigenvalue weighted by Gasteiger charge is 2.28. The third-order valence-electron chi connectivity index (χ3n) is 7.76. The summed E-state index contributed by atoms with van der Waals surface area (Å²) >= 11 is 6.38. The Balaban J connectivity index is 1.24.